The Morgan fingerprint density at radius 1 is 1.03 bits per heavy atom. The molecule has 1 aromatic heterocycles. The normalized spacial score (nSPS) is 11.5. The van der Waals surface area contributed by atoms with Crippen LogP contribution in [0.3, 0.4) is 0 Å². The molecule has 1 heterocycles. The van der Waals surface area contributed by atoms with E-state index in [-0.39, 0.29) is 25.6 Å². The zero-order chi connectivity index (χ0) is 22.9. The van der Waals surface area contributed by atoms with Crippen molar-refractivity contribution in [3.8, 4) is 17.4 Å². The summed E-state index contributed by atoms with van der Waals surface area (Å²) < 4.78 is 34.3. The van der Waals surface area contributed by atoms with Gasteiger partial charge in [-0.3, -0.25) is 0 Å². The van der Waals surface area contributed by atoms with Crippen LogP contribution in [-0.2, 0) is 14.3 Å². The molecule has 3 aromatic rings. The SMILES string of the molecule is CCOC(=O)NCCOC(=O)[C@@H](C)Oc1ccc(Oc2ccc3cc(F)ccc3n2)cc1. The number of benzene rings is 2. The number of carbonyl (C=O) groups excluding carboxylic acids is 2. The van der Waals surface area contributed by atoms with Crippen LogP contribution in [0.15, 0.2) is 54.6 Å². The van der Waals surface area contributed by atoms with Gasteiger partial charge in [0, 0.05) is 11.5 Å². The molecular formula is C23H23FN2O6. The van der Waals surface area contributed by atoms with E-state index in [4.69, 9.17) is 18.9 Å². The molecule has 0 bridgehead atoms. The molecule has 168 valence electrons. The number of hydrogen-bond acceptors (Lipinski definition) is 7. The van der Waals surface area contributed by atoms with E-state index in [2.05, 4.69) is 10.3 Å². The average Bonchev–Trinajstić information content (AvgIpc) is 2.78. The minimum Gasteiger partial charge on any atom is -0.479 e. The quantitative estimate of drug-likeness (QED) is 0.391. The van der Waals surface area contributed by atoms with E-state index in [0.29, 0.717) is 28.3 Å². The van der Waals surface area contributed by atoms with Crippen LogP contribution in [0.5, 0.6) is 17.4 Å². The molecule has 9 heteroatoms. The number of rotatable bonds is 9. The summed E-state index contributed by atoms with van der Waals surface area (Å²) in [5, 5.41) is 3.13. The molecule has 2 aromatic carbocycles. The number of ether oxygens (including phenoxy) is 4. The summed E-state index contributed by atoms with van der Waals surface area (Å²) in [7, 11) is 0. The maximum atomic E-state index is 13.3. The number of fused-ring (bicyclic) bond motifs is 1. The van der Waals surface area contributed by atoms with Gasteiger partial charge in [0.25, 0.3) is 0 Å². The summed E-state index contributed by atoms with van der Waals surface area (Å²) in [5.41, 5.74) is 0.619. The van der Waals surface area contributed by atoms with E-state index in [1.54, 1.807) is 56.3 Å². The van der Waals surface area contributed by atoms with Gasteiger partial charge >= 0.3 is 12.1 Å². The molecule has 0 saturated carbocycles. The van der Waals surface area contributed by atoms with Crippen molar-refractivity contribution in [2.24, 2.45) is 0 Å². The highest BCUT2D eigenvalue weighted by Crippen LogP contribution is 2.25. The van der Waals surface area contributed by atoms with Crippen LogP contribution in [0.1, 0.15) is 13.8 Å². The second-order valence-corrected chi connectivity index (χ2v) is 6.63. The minimum atomic E-state index is -0.841. The van der Waals surface area contributed by atoms with E-state index < -0.39 is 18.2 Å². The Morgan fingerprint density at radius 3 is 2.53 bits per heavy atom. The smallest absolute Gasteiger partial charge is 0.407 e. The third-order valence-electron chi connectivity index (χ3n) is 4.21. The third-order valence-corrected chi connectivity index (χ3v) is 4.21. The van der Waals surface area contributed by atoms with Crippen molar-refractivity contribution < 1.29 is 32.9 Å². The van der Waals surface area contributed by atoms with Crippen LogP contribution in [0, 0.1) is 5.82 Å². The first-order valence-electron chi connectivity index (χ1n) is 10.0. The number of alkyl carbamates (subject to hydrolysis) is 1. The summed E-state index contributed by atoms with van der Waals surface area (Å²) in [6.07, 6.45) is -1.41. The summed E-state index contributed by atoms with van der Waals surface area (Å²) in [5.74, 6) is 0.453. The lowest BCUT2D eigenvalue weighted by atomic mass is 10.2. The molecule has 0 aliphatic carbocycles. The summed E-state index contributed by atoms with van der Waals surface area (Å²) >= 11 is 0. The van der Waals surface area contributed by atoms with E-state index in [1.165, 1.54) is 12.1 Å². The molecule has 8 nitrogen and oxygen atoms in total. The number of nitrogens with zero attached hydrogens (tertiary/aromatic N) is 1. The second kappa shape index (κ2) is 10.9. The Labute approximate surface area is 184 Å². The van der Waals surface area contributed by atoms with Crippen LogP contribution in [-0.4, -0.2) is 42.9 Å². The van der Waals surface area contributed by atoms with E-state index in [1.807, 2.05) is 0 Å². The fraction of sp³-hybridized carbons (Fsp3) is 0.261. The molecule has 0 aliphatic rings. The van der Waals surface area contributed by atoms with Crippen LogP contribution in [0.4, 0.5) is 9.18 Å². The highest BCUT2D eigenvalue weighted by molar-refractivity contribution is 5.79. The lowest BCUT2D eigenvalue weighted by Gasteiger charge is -2.14. The zero-order valence-corrected chi connectivity index (χ0v) is 17.7. The molecule has 1 amide bonds. The fourth-order valence-corrected chi connectivity index (χ4v) is 2.70. The van der Waals surface area contributed by atoms with Crippen molar-refractivity contribution in [3.05, 3.63) is 60.4 Å². The molecule has 32 heavy (non-hydrogen) atoms. The fourth-order valence-electron chi connectivity index (χ4n) is 2.70. The number of esters is 1. The zero-order valence-electron chi connectivity index (χ0n) is 17.7. The summed E-state index contributed by atoms with van der Waals surface area (Å²) in [6, 6.07) is 14.4. The minimum absolute atomic E-state index is 0.00350. The van der Waals surface area contributed by atoms with Crippen molar-refractivity contribution in [2.45, 2.75) is 20.0 Å². The number of amides is 1. The summed E-state index contributed by atoms with van der Waals surface area (Å²) in [4.78, 5) is 27.5. The van der Waals surface area contributed by atoms with Gasteiger partial charge in [0.2, 0.25) is 5.88 Å². The predicted molar refractivity (Wildman–Crippen MR) is 114 cm³/mol. The molecule has 0 unspecified atom stereocenters. The monoisotopic (exact) mass is 442 g/mol. The molecule has 0 fully saturated rings. The van der Waals surface area contributed by atoms with Gasteiger partial charge in [-0.2, -0.15) is 0 Å². The first kappa shape index (κ1) is 22.8. The van der Waals surface area contributed by atoms with Gasteiger partial charge in [0.15, 0.2) is 6.10 Å². The van der Waals surface area contributed by atoms with Gasteiger partial charge in [-0.15, -0.1) is 0 Å². The van der Waals surface area contributed by atoms with Gasteiger partial charge in [-0.1, -0.05) is 0 Å². The van der Waals surface area contributed by atoms with Gasteiger partial charge in [0.05, 0.1) is 18.7 Å². The molecule has 3 rings (SSSR count). The molecule has 1 N–H and O–H groups in total. The predicted octanol–water partition coefficient (Wildman–Crippen LogP) is 4.22. The van der Waals surface area contributed by atoms with Crippen molar-refractivity contribution in [2.75, 3.05) is 19.8 Å². The molecule has 0 aliphatic heterocycles. The first-order valence-corrected chi connectivity index (χ1v) is 10.0. The lowest BCUT2D eigenvalue weighted by Crippen LogP contribution is -2.31. The number of halogens is 1. The van der Waals surface area contributed by atoms with Crippen LogP contribution in [0.2, 0.25) is 0 Å². The lowest BCUT2D eigenvalue weighted by molar-refractivity contribution is -0.150. The Morgan fingerprint density at radius 2 is 1.78 bits per heavy atom. The highest BCUT2D eigenvalue weighted by Gasteiger charge is 2.16. The van der Waals surface area contributed by atoms with Crippen molar-refractivity contribution in [1.29, 1.82) is 0 Å². The second-order valence-electron chi connectivity index (χ2n) is 6.63. The van der Waals surface area contributed by atoms with Crippen LogP contribution in [0.25, 0.3) is 10.9 Å². The number of hydrogen-bond donors (Lipinski definition) is 1. The first-order chi connectivity index (χ1) is 15.4. The van der Waals surface area contributed by atoms with Crippen molar-refractivity contribution in [3.63, 3.8) is 0 Å². The van der Waals surface area contributed by atoms with Gasteiger partial charge < -0.3 is 24.3 Å². The van der Waals surface area contributed by atoms with Gasteiger partial charge in [-0.25, -0.2) is 19.0 Å². The van der Waals surface area contributed by atoms with Crippen LogP contribution >= 0.6 is 0 Å². The highest BCUT2D eigenvalue weighted by atomic mass is 19.1. The number of pyridine rings is 1. The largest absolute Gasteiger partial charge is 0.479 e. The molecular weight excluding hydrogens is 419 g/mol. The average molecular weight is 442 g/mol. The Kier molecular flexibility index (Phi) is 7.80. The van der Waals surface area contributed by atoms with Gasteiger partial charge in [0.1, 0.15) is 23.9 Å². The Balaban J connectivity index is 1.48. The Bertz CT molecular complexity index is 1070. The van der Waals surface area contributed by atoms with E-state index in [9.17, 15) is 14.0 Å². The maximum absolute atomic E-state index is 13.3. The van der Waals surface area contributed by atoms with Crippen molar-refractivity contribution in [1.82, 2.24) is 10.3 Å². The van der Waals surface area contributed by atoms with E-state index in [0.717, 1.165) is 0 Å². The topological polar surface area (TPSA) is 96.0 Å². The summed E-state index contributed by atoms with van der Waals surface area (Å²) in [6.45, 7) is 3.67. The third kappa shape index (κ3) is 6.56. The molecule has 0 radical (unpaired) electrons. The maximum Gasteiger partial charge on any atom is 0.407 e. The molecule has 0 spiro atoms. The Hall–Kier alpha value is -3.88. The van der Waals surface area contributed by atoms with Gasteiger partial charge in [-0.05, 0) is 62.4 Å². The molecule has 1 atom stereocenters. The number of carbonyl (C=O) groups is 2. The van der Waals surface area contributed by atoms with Crippen molar-refractivity contribution >= 4 is 23.0 Å². The van der Waals surface area contributed by atoms with E-state index >= 15 is 0 Å². The van der Waals surface area contributed by atoms with Crippen LogP contribution < -0.4 is 14.8 Å². The number of aromatic nitrogens is 1. The standard InChI is InChI=1S/C23H23FN2O6/c1-3-29-23(28)25-12-13-30-22(27)15(2)31-18-6-8-19(9-7-18)32-21-11-4-16-14-17(24)5-10-20(16)26-21/h4-11,14-15H,3,12-13H2,1-2H3,(H,25,28)/t15-/m1/s1. The number of nitrogens with one attached hydrogen (secondary N) is 1. The molecule has 0 saturated heterocycles.